The molecule has 0 unspecified atom stereocenters. The van der Waals surface area contributed by atoms with E-state index in [-0.39, 0.29) is 11.8 Å². The fraction of sp³-hybridized carbons (Fsp3) is 0.368. The van der Waals surface area contributed by atoms with Crippen molar-refractivity contribution in [3.05, 3.63) is 53.0 Å². The van der Waals surface area contributed by atoms with Gasteiger partial charge in [0.15, 0.2) is 0 Å². The molecule has 2 aliphatic rings. The topological polar surface area (TPSA) is 81.9 Å². The normalized spacial score (nSPS) is 16.6. The Kier molecular flexibility index (Phi) is 4.06. The van der Waals surface area contributed by atoms with Crippen LogP contribution >= 0.6 is 0 Å². The first kappa shape index (κ1) is 15.6. The first-order chi connectivity index (χ1) is 12.2. The van der Waals surface area contributed by atoms with Crippen molar-refractivity contribution in [3.63, 3.8) is 0 Å². The lowest BCUT2D eigenvalue weighted by Gasteiger charge is -2.38. The van der Waals surface area contributed by atoms with Gasteiger partial charge in [0, 0.05) is 31.6 Å². The molecule has 0 saturated carbocycles. The number of nitrogens with zero attached hydrogens (tertiary/aromatic N) is 4. The van der Waals surface area contributed by atoms with Gasteiger partial charge < -0.3 is 10.2 Å². The summed E-state index contributed by atoms with van der Waals surface area (Å²) >= 11 is 0. The molecule has 1 saturated heterocycles. The van der Waals surface area contributed by atoms with Crippen LogP contribution in [0.2, 0.25) is 0 Å². The Bertz CT molecular complexity index is 837. The summed E-state index contributed by atoms with van der Waals surface area (Å²) in [7, 11) is 0. The van der Waals surface area contributed by atoms with Crippen molar-refractivity contribution in [2.75, 3.05) is 24.5 Å². The first-order valence-electron chi connectivity index (χ1n) is 8.61. The van der Waals surface area contributed by atoms with E-state index in [1.807, 2.05) is 18.2 Å². The minimum atomic E-state index is -0.122. The van der Waals surface area contributed by atoms with Crippen molar-refractivity contribution in [1.29, 1.82) is 5.26 Å². The number of nitrogens with one attached hydrogen (secondary N) is 1. The van der Waals surface area contributed by atoms with Crippen LogP contribution in [-0.2, 0) is 19.3 Å². The number of amides is 1. The number of rotatable bonds is 4. The number of nitriles is 1. The minimum absolute atomic E-state index is 0.0517. The molecule has 1 fully saturated rings. The van der Waals surface area contributed by atoms with Crippen molar-refractivity contribution in [2.24, 2.45) is 5.92 Å². The second-order valence-electron chi connectivity index (χ2n) is 6.51. The van der Waals surface area contributed by atoms with Gasteiger partial charge in [-0.25, -0.2) is 9.97 Å². The summed E-state index contributed by atoms with van der Waals surface area (Å²) in [5.74, 6) is 1.46. The van der Waals surface area contributed by atoms with Gasteiger partial charge >= 0.3 is 0 Å². The molecular weight excluding hydrogens is 314 g/mol. The van der Waals surface area contributed by atoms with E-state index in [0.29, 0.717) is 37.6 Å². The van der Waals surface area contributed by atoms with Crippen LogP contribution in [0.15, 0.2) is 30.3 Å². The number of aromatic nitrogens is 2. The third-order valence-electron chi connectivity index (χ3n) is 4.75. The highest BCUT2D eigenvalue weighted by Crippen LogP contribution is 2.29. The molecule has 0 atom stereocenters. The Morgan fingerprint density at radius 2 is 2.00 bits per heavy atom. The molecule has 2 aliphatic heterocycles. The molecule has 1 N–H and O–H groups in total. The zero-order valence-electron chi connectivity index (χ0n) is 13.9. The van der Waals surface area contributed by atoms with Crippen molar-refractivity contribution in [1.82, 2.24) is 15.3 Å². The predicted molar refractivity (Wildman–Crippen MR) is 93.2 cm³/mol. The summed E-state index contributed by atoms with van der Waals surface area (Å²) in [6.07, 6.45) is 2.26. The molecule has 0 radical (unpaired) electrons. The molecule has 1 aromatic heterocycles. The van der Waals surface area contributed by atoms with E-state index in [9.17, 15) is 4.79 Å². The molecule has 6 nitrogen and oxygen atoms in total. The van der Waals surface area contributed by atoms with Crippen LogP contribution in [-0.4, -0.2) is 35.5 Å². The summed E-state index contributed by atoms with van der Waals surface area (Å²) in [5, 5.41) is 11.9. The average Bonchev–Trinajstić information content (AvgIpc) is 2.61. The number of hydrogen-bond acceptors (Lipinski definition) is 5. The highest BCUT2D eigenvalue weighted by Gasteiger charge is 2.33. The molecule has 4 rings (SSSR count). The quantitative estimate of drug-likeness (QED) is 0.917. The molecular formula is C19H19N5O. The largest absolute Gasteiger partial charge is 0.353 e. The Balaban J connectivity index is 1.62. The van der Waals surface area contributed by atoms with Gasteiger partial charge in [-0.05, 0) is 18.4 Å². The molecule has 126 valence electrons. The zero-order chi connectivity index (χ0) is 17.2. The molecule has 0 spiro atoms. The second kappa shape index (κ2) is 6.52. The van der Waals surface area contributed by atoms with E-state index >= 15 is 0 Å². The lowest BCUT2D eigenvalue weighted by molar-refractivity contribution is 0.0940. The van der Waals surface area contributed by atoms with Gasteiger partial charge in [-0.15, -0.1) is 0 Å². The maximum Gasteiger partial charge on any atom is 0.270 e. The van der Waals surface area contributed by atoms with Crippen molar-refractivity contribution >= 4 is 11.7 Å². The predicted octanol–water partition coefficient (Wildman–Crippen LogP) is 1.51. The first-order valence-corrected chi connectivity index (χ1v) is 8.61. The molecule has 2 aromatic rings. The number of aryl methyl sites for hydroxylation is 2. The molecule has 3 heterocycles. The number of anilines is 1. The van der Waals surface area contributed by atoms with Crippen LogP contribution < -0.4 is 10.2 Å². The van der Waals surface area contributed by atoms with E-state index in [0.717, 1.165) is 24.2 Å². The van der Waals surface area contributed by atoms with E-state index in [2.05, 4.69) is 33.4 Å². The van der Waals surface area contributed by atoms with Gasteiger partial charge in [-0.2, -0.15) is 5.26 Å². The Hall–Kier alpha value is -2.94. The average molecular weight is 333 g/mol. The minimum Gasteiger partial charge on any atom is -0.353 e. The summed E-state index contributed by atoms with van der Waals surface area (Å²) in [5.41, 5.74) is 2.65. The maximum atomic E-state index is 12.2. The summed E-state index contributed by atoms with van der Waals surface area (Å²) in [6.45, 7) is 1.97. The van der Waals surface area contributed by atoms with E-state index < -0.39 is 0 Å². The van der Waals surface area contributed by atoms with Crippen molar-refractivity contribution < 1.29 is 4.79 Å². The van der Waals surface area contributed by atoms with Crippen LogP contribution in [0.25, 0.3) is 0 Å². The molecule has 0 aliphatic carbocycles. The monoisotopic (exact) mass is 333 g/mol. The van der Waals surface area contributed by atoms with Gasteiger partial charge in [0.2, 0.25) is 0 Å². The summed E-state index contributed by atoms with van der Waals surface area (Å²) < 4.78 is 0. The van der Waals surface area contributed by atoms with Crippen molar-refractivity contribution in [3.8, 4) is 6.07 Å². The van der Waals surface area contributed by atoms with Crippen LogP contribution in [0.1, 0.15) is 27.4 Å². The molecule has 0 bridgehead atoms. The fourth-order valence-electron chi connectivity index (χ4n) is 3.33. The van der Waals surface area contributed by atoms with Crippen molar-refractivity contribution in [2.45, 2.75) is 19.3 Å². The highest BCUT2D eigenvalue weighted by molar-refractivity contribution is 5.96. The number of fused-ring (bicyclic) bond motifs is 1. The smallest absolute Gasteiger partial charge is 0.270 e. The molecule has 25 heavy (non-hydrogen) atoms. The SMILES string of the molecule is N#CC1CN(c2nc(CCc3ccccc3)nc3c2CCNC3=O)C1. The second-order valence-corrected chi connectivity index (χ2v) is 6.51. The van der Waals surface area contributed by atoms with Gasteiger partial charge in [0.05, 0.1) is 12.0 Å². The van der Waals surface area contributed by atoms with Gasteiger partial charge in [-0.3, -0.25) is 4.79 Å². The Morgan fingerprint density at radius 1 is 1.20 bits per heavy atom. The van der Waals surface area contributed by atoms with Gasteiger partial charge in [0.1, 0.15) is 17.3 Å². The number of benzene rings is 1. The number of hydrogen-bond donors (Lipinski definition) is 1. The zero-order valence-corrected chi connectivity index (χ0v) is 13.9. The third kappa shape index (κ3) is 3.05. The van der Waals surface area contributed by atoms with Crippen LogP contribution in [0.3, 0.4) is 0 Å². The third-order valence-corrected chi connectivity index (χ3v) is 4.75. The van der Waals surface area contributed by atoms with Crippen LogP contribution in [0.5, 0.6) is 0 Å². The Morgan fingerprint density at radius 3 is 2.76 bits per heavy atom. The van der Waals surface area contributed by atoms with Crippen LogP contribution in [0, 0.1) is 17.2 Å². The van der Waals surface area contributed by atoms with E-state index in [1.165, 1.54) is 5.56 Å². The molecule has 1 amide bonds. The Labute approximate surface area is 146 Å². The maximum absolute atomic E-state index is 12.2. The van der Waals surface area contributed by atoms with Crippen LogP contribution in [0.4, 0.5) is 5.82 Å². The summed E-state index contributed by atoms with van der Waals surface area (Å²) in [4.78, 5) is 23.6. The van der Waals surface area contributed by atoms with Gasteiger partial charge in [0.25, 0.3) is 5.91 Å². The fourth-order valence-corrected chi connectivity index (χ4v) is 3.33. The van der Waals surface area contributed by atoms with E-state index in [1.54, 1.807) is 0 Å². The van der Waals surface area contributed by atoms with Gasteiger partial charge in [-0.1, -0.05) is 30.3 Å². The molecule has 1 aromatic carbocycles. The molecule has 6 heteroatoms. The lowest BCUT2D eigenvalue weighted by Crippen LogP contribution is -2.48. The summed E-state index contributed by atoms with van der Waals surface area (Å²) in [6, 6.07) is 12.5. The standard InChI is InChI=1S/C19H19N5O/c20-10-14-11-24(12-14)18-15-8-9-21-19(25)17(15)22-16(23-18)7-6-13-4-2-1-3-5-13/h1-5,14H,6-9,11-12H2,(H,21,25). The lowest BCUT2D eigenvalue weighted by atomic mass is 9.98. The van der Waals surface area contributed by atoms with E-state index in [4.69, 9.17) is 10.2 Å². The highest BCUT2D eigenvalue weighted by atomic mass is 16.1. The number of carbonyl (C=O) groups is 1. The number of carbonyl (C=O) groups excluding carboxylic acids is 1.